The highest BCUT2D eigenvalue weighted by molar-refractivity contribution is 6.25. The number of rotatable bonds is 2. The number of hydrogen-bond donors (Lipinski definition) is 0. The zero-order valence-electron chi connectivity index (χ0n) is 26.3. The van der Waals surface area contributed by atoms with Crippen LogP contribution in [0.25, 0.3) is 110 Å². The van der Waals surface area contributed by atoms with Gasteiger partial charge in [0, 0.05) is 43.9 Å². The summed E-state index contributed by atoms with van der Waals surface area (Å²) < 4.78 is 11.4. The maximum absolute atomic E-state index is 6.54. The van der Waals surface area contributed by atoms with Gasteiger partial charge in [-0.1, -0.05) is 103 Å². The molecule has 1 aliphatic rings. The molecule has 226 valence electrons. The predicted molar refractivity (Wildman–Crippen MR) is 204 cm³/mol. The summed E-state index contributed by atoms with van der Waals surface area (Å²) in [4.78, 5) is 0. The first kappa shape index (κ1) is 25.5. The van der Waals surface area contributed by atoms with E-state index in [0.29, 0.717) is 0 Å². The second-order valence-corrected chi connectivity index (χ2v) is 13.2. The van der Waals surface area contributed by atoms with Gasteiger partial charge in [-0.2, -0.15) is 0 Å². The molecule has 0 radical (unpaired) electrons. The molecule has 3 aromatic heterocycles. The summed E-state index contributed by atoms with van der Waals surface area (Å²) in [5.74, 6) is 0. The monoisotopic (exact) mass is 622 g/mol. The van der Waals surface area contributed by atoms with Gasteiger partial charge in [-0.25, -0.2) is 0 Å². The predicted octanol–water partition coefficient (Wildman–Crippen LogP) is 12.6. The van der Waals surface area contributed by atoms with E-state index >= 15 is 0 Å². The molecule has 3 heteroatoms. The van der Waals surface area contributed by atoms with Crippen molar-refractivity contribution in [2.45, 2.75) is 0 Å². The van der Waals surface area contributed by atoms with Gasteiger partial charge in [0.1, 0.15) is 11.2 Å². The Labute approximate surface area is 280 Å². The third kappa shape index (κ3) is 3.17. The minimum atomic E-state index is 0.920. The third-order valence-electron chi connectivity index (χ3n) is 10.8. The summed E-state index contributed by atoms with van der Waals surface area (Å²) in [6.07, 6.45) is 0. The van der Waals surface area contributed by atoms with E-state index in [4.69, 9.17) is 4.42 Å². The van der Waals surface area contributed by atoms with Crippen molar-refractivity contribution in [2.75, 3.05) is 0 Å². The second-order valence-electron chi connectivity index (χ2n) is 13.2. The Kier molecular flexibility index (Phi) is 4.72. The molecule has 12 rings (SSSR count). The molecule has 3 heterocycles. The first-order chi connectivity index (χ1) is 24.3. The van der Waals surface area contributed by atoms with E-state index < -0.39 is 0 Å². The molecular weight excluding hydrogens is 597 g/mol. The van der Waals surface area contributed by atoms with Gasteiger partial charge in [0.15, 0.2) is 0 Å². The Morgan fingerprint density at radius 1 is 0.367 bits per heavy atom. The SMILES string of the molecule is c1cc2c3c(cccc3c1)-c1c-2ccc2c3ccccc3n(-c3ccc(-n4c5ccccc5c5c6oc7ccccc7c6ccc54)cc3)c12. The quantitative estimate of drug-likeness (QED) is 0.188. The van der Waals surface area contributed by atoms with E-state index in [1.165, 1.54) is 65.7 Å². The Morgan fingerprint density at radius 3 is 1.84 bits per heavy atom. The van der Waals surface area contributed by atoms with E-state index in [1.807, 2.05) is 6.07 Å². The molecule has 1 aliphatic carbocycles. The van der Waals surface area contributed by atoms with Crippen LogP contribution < -0.4 is 0 Å². The summed E-state index contributed by atoms with van der Waals surface area (Å²) in [7, 11) is 0. The van der Waals surface area contributed by atoms with E-state index in [-0.39, 0.29) is 0 Å². The van der Waals surface area contributed by atoms with Crippen molar-refractivity contribution in [3.05, 3.63) is 158 Å². The second kappa shape index (κ2) is 9.06. The van der Waals surface area contributed by atoms with Crippen LogP contribution in [-0.4, -0.2) is 9.13 Å². The maximum atomic E-state index is 6.54. The van der Waals surface area contributed by atoms with Crippen LogP contribution in [0.3, 0.4) is 0 Å². The molecule has 49 heavy (non-hydrogen) atoms. The molecule has 0 unspecified atom stereocenters. The van der Waals surface area contributed by atoms with Gasteiger partial charge in [0.2, 0.25) is 0 Å². The van der Waals surface area contributed by atoms with Crippen LogP contribution in [0.5, 0.6) is 0 Å². The van der Waals surface area contributed by atoms with E-state index in [2.05, 4.69) is 161 Å². The van der Waals surface area contributed by atoms with Gasteiger partial charge >= 0.3 is 0 Å². The highest BCUT2D eigenvalue weighted by atomic mass is 16.3. The molecule has 0 fully saturated rings. The van der Waals surface area contributed by atoms with Gasteiger partial charge < -0.3 is 13.6 Å². The number of aromatic nitrogens is 2. The first-order valence-corrected chi connectivity index (χ1v) is 16.9. The molecule has 11 aromatic rings. The lowest BCUT2D eigenvalue weighted by Crippen LogP contribution is -1.98. The average Bonchev–Trinajstić information content (AvgIpc) is 3.89. The maximum Gasteiger partial charge on any atom is 0.145 e. The van der Waals surface area contributed by atoms with Crippen molar-refractivity contribution in [3.63, 3.8) is 0 Å². The Morgan fingerprint density at radius 2 is 1.02 bits per heavy atom. The number of fused-ring (bicyclic) bond motifs is 14. The molecular formula is C46H26N2O. The summed E-state index contributed by atoms with van der Waals surface area (Å²) in [5, 5.41) is 9.83. The topological polar surface area (TPSA) is 23.0 Å². The van der Waals surface area contributed by atoms with Crippen molar-refractivity contribution in [3.8, 4) is 33.6 Å². The molecule has 0 saturated heterocycles. The highest BCUT2D eigenvalue weighted by Gasteiger charge is 2.27. The number of benzene rings is 8. The molecule has 8 aromatic carbocycles. The van der Waals surface area contributed by atoms with Gasteiger partial charge in [-0.05, 0) is 82.1 Å². The highest BCUT2D eigenvalue weighted by Crippen LogP contribution is 2.52. The number of nitrogens with zero attached hydrogens (tertiary/aromatic N) is 2. The van der Waals surface area contributed by atoms with Gasteiger partial charge in [-0.15, -0.1) is 0 Å². The molecule has 0 atom stereocenters. The van der Waals surface area contributed by atoms with Gasteiger partial charge in [-0.3, -0.25) is 0 Å². The molecule has 0 aliphatic heterocycles. The fourth-order valence-corrected chi connectivity index (χ4v) is 8.86. The van der Waals surface area contributed by atoms with Crippen LogP contribution in [-0.2, 0) is 0 Å². The molecule has 0 amide bonds. The molecule has 3 nitrogen and oxygen atoms in total. The van der Waals surface area contributed by atoms with Crippen molar-refractivity contribution in [1.82, 2.24) is 9.13 Å². The minimum absolute atomic E-state index is 0.920. The summed E-state index contributed by atoms with van der Waals surface area (Å²) >= 11 is 0. The summed E-state index contributed by atoms with van der Waals surface area (Å²) in [5.41, 5.74) is 14.2. The Balaban J connectivity index is 1.11. The fraction of sp³-hybridized carbons (Fsp3) is 0. The van der Waals surface area contributed by atoms with E-state index in [9.17, 15) is 0 Å². The Hall–Kier alpha value is -6.58. The van der Waals surface area contributed by atoms with Crippen molar-refractivity contribution in [2.24, 2.45) is 0 Å². The van der Waals surface area contributed by atoms with Crippen LogP contribution in [0.1, 0.15) is 0 Å². The largest absolute Gasteiger partial charge is 0.455 e. The molecule has 0 bridgehead atoms. The van der Waals surface area contributed by atoms with Crippen molar-refractivity contribution < 1.29 is 4.42 Å². The number of hydrogen-bond acceptors (Lipinski definition) is 1. The summed E-state index contributed by atoms with van der Waals surface area (Å²) in [6, 6.07) is 57.4. The van der Waals surface area contributed by atoms with Crippen LogP contribution in [0.15, 0.2) is 162 Å². The minimum Gasteiger partial charge on any atom is -0.455 e. The zero-order valence-corrected chi connectivity index (χ0v) is 26.3. The standard InChI is InChI=1S/C46H26N2O/c1-4-16-38-30(11-1)34-24-23-33-32-14-7-9-27-10-8-15-37(42(27)32)43(33)45(34)48(38)29-21-19-28(20-22-29)47-39-17-5-2-13-36(39)44-40(47)26-25-35-31-12-3-6-18-41(31)49-46(35)44/h1-26H. The lowest BCUT2D eigenvalue weighted by Gasteiger charge is -2.14. The van der Waals surface area contributed by atoms with Gasteiger partial charge in [0.05, 0.1) is 27.5 Å². The number of para-hydroxylation sites is 3. The zero-order chi connectivity index (χ0) is 31.8. The molecule has 0 spiro atoms. The molecule has 0 N–H and O–H groups in total. The van der Waals surface area contributed by atoms with Crippen molar-refractivity contribution in [1.29, 1.82) is 0 Å². The lowest BCUT2D eigenvalue weighted by atomic mass is 10.0. The first-order valence-electron chi connectivity index (χ1n) is 16.9. The lowest BCUT2D eigenvalue weighted by molar-refractivity contribution is 0.673. The van der Waals surface area contributed by atoms with Crippen LogP contribution in [0.2, 0.25) is 0 Å². The third-order valence-corrected chi connectivity index (χ3v) is 10.8. The van der Waals surface area contributed by atoms with E-state index in [0.717, 1.165) is 44.2 Å². The molecule has 0 saturated carbocycles. The number of furan rings is 1. The summed E-state index contributed by atoms with van der Waals surface area (Å²) in [6.45, 7) is 0. The fourth-order valence-electron chi connectivity index (χ4n) is 8.86. The Bertz CT molecular complexity index is 3200. The smallest absolute Gasteiger partial charge is 0.145 e. The van der Waals surface area contributed by atoms with Gasteiger partial charge in [0.25, 0.3) is 0 Å². The van der Waals surface area contributed by atoms with E-state index in [1.54, 1.807) is 0 Å². The normalized spacial score (nSPS) is 12.5. The van der Waals surface area contributed by atoms with Crippen LogP contribution in [0, 0.1) is 0 Å². The average molecular weight is 623 g/mol. The van der Waals surface area contributed by atoms with Crippen molar-refractivity contribution >= 4 is 76.3 Å². The van der Waals surface area contributed by atoms with Crippen LogP contribution >= 0.6 is 0 Å². The van der Waals surface area contributed by atoms with Crippen LogP contribution in [0.4, 0.5) is 0 Å².